The van der Waals surface area contributed by atoms with Crippen LogP contribution in [0.2, 0.25) is 0 Å². The number of rotatable bonds is 4. The normalized spacial score (nSPS) is 11.3. The lowest BCUT2D eigenvalue weighted by atomic mass is 10.0. The van der Waals surface area contributed by atoms with Crippen LogP contribution < -0.4 is 11.1 Å². The van der Waals surface area contributed by atoms with Crippen LogP contribution in [0.1, 0.15) is 22.8 Å². The summed E-state index contributed by atoms with van der Waals surface area (Å²) in [6, 6.07) is 18.7. The quantitative estimate of drug-likeness (QED) is 0.414. The van der Waals surface area contributed by atoms with E-state index in [0.29, 0.717) is 11.4 Å². The minimum atomic E-state index is -0.541. The number of allylic oxidation sites excluding steroid dienone is 1. The number of hydrogen-bond acceptors (Lipinski definition) is 4. The fourth-order valence-electron chi connectivity index (χ4n) is 2.84. The first-order chi connectivity index (χ1) is 13.0. The highest BCUT2D eigenvalue weighted by Gasteiger charge is 2.14. The van der Waals surface area contributed by atoms with Gasteiger partial charge >= 0.3 is 5.97 Å². The third-order valence-electron chi connectivity index (χ3n) is 4.26. The number of methoxy groups -OCH3 is 1. The van der Waals surface area contributed by atoms with Crippen molar-refractivity contribution in [2.75, 3.05) is 18.2 Å². The molecule has 3 rings (SSSR count). The van der Waals surface area contributed by atoms with Crippen LogP contribution in [0, 0.1) is 0 Å². The number of nitrogens with one attached hydrogen (secondary N) is 1. The molecule has 0 radical (unpaired) electrons. The zero-order chi connectivity index (χ0) is 19.4. The number of nitrogens with two attached hydrogens (primary N) is 1. The lowest BCUT2D eigenvalue weighted by Gasteiger charge is -2.10. The molecule has 0 bridgehead atoms. The molecular formula is C22H20N2O3. The van der Waals surface area contributed by atoms with Crippen LogP contribution in [-0.2, 0) is 9.53 Å². The summed E-state index contributed by atoms with van der Waals surface area (Å²) in [5, 5.41) is 4.95. The summed E-state index contributed by atoms with van der Waals surface area (Å²) in [4.78, 5) is 24.3. The van der Waals surface area contributed by atoms with Gasteiger partial charge in [-0.2, -0.15) is 0 Å². The van der Waals surface area contributed by atoms with E-state index in [-0.39, 0.29) is 11.5 Å². The third-order valence-corrected chi connectivity index (χ3v) is 4.26. The second-order valence-electron chi connectivity index (χ2n) is 6.18. The van der Waals surface area contributed by atoms with Crippen LogP contribution >= 0.6 is 0 Å². The standard InChI is InChI=1S/C22H20N2O3/c1-14(16-8-7-15-5-3-4-6-17(15)12-16)11-21(25)24-20-13-18(23)9-10-19(20)22(26)27-2/h3-13H,23H2,1-2H3,(H,24,25). The topological polar surface area (TPSA) is 81.4 Å². The third kappa shape index (κ3) is 4.15. The molecule has 5 heteroatoms. The van der Waals surface area contributed by atoms with Gasteiger partial charge in [0.25, 0.3) is 0 Å². The maximum atomic E-state index is 12.5. The van der Waals surface area contributed by atoms with Gasteiger partial charge in [-0.15, -0.1) is 0 Å². The zero-order valence-corrected chi connectivity index (χ0v) is 15.2. The van der Waals surface area contributed by atoms with Crippen molar-refractivity contribution in [3.8, 4) is 0 Å². The predicted octanol–water partition coefficient (Wildman–Crippen LogP) is 4.25. The molecule has 3 N–H and O–H groups in total. The second-order valence-corrected chi connectivity index (χ2v) is 6.18. The Morgan fingerprint density at radius 2 is 1.74 bits per heavy atom. The van der Waals surface area contributed by atoms with E-state index < -0.39 is 5.97 Å². The minimum Gasteiger partial charge on any atom is -0.465 e. The van der Waals surface area contributed by atoms with Crippen molar-refractivity contribution in [2.24, 2.45) is 0 Å². The Labute approximate surface area is 157 Å². The van der Waals surface area contributed by atoms with Gasteiger partial charge in [-0.1, -0.05) is 36.4 Å². The van der Waals surface area contributed by atoms with Gasteiger partial charge in [0.1, 0.15) is 0 Å². The Kier molecular flexibility index (Phi) is 5.22. The van der Waals surface area contributed by atoms with Gasteiger partial charge in [-0.3, -0.25) is 4.79 Å². The highest BCUT2D eigenvalue weighted by Crippen LogP contribution is 2.23. The highest BCUT2D eigenvalue weighted by molar-refractivity contribution is 6.08. The first-order valence-electron chi connectivity index (χ1n) is 8.44. The van der Waals surface area contributed by atoms with Crippen molar-refractivity contribution in [3.05, 3.63) is 77.9 Å². The number of nitrogen functional groups attached to an aromatic ring is 1. The van der Waals surface area contributed by atoms with E-state index in [9.17, 15) is 9.59 Å². The summed E-state index contributed by atoms with van der Waals surface area (Å²) in [5.41, 5.74) is 8.53. The van der Waals surface area contributed by atoms with Gasteiger partial charge < -0.3 is 15.8 Å². The van der Waals surface area contributed by atoms with Crippen molar-refractivity contribution in [1.82, 2.24) is 0 Å². The number of carbonyl (C=O) groups is 2. The fourth-order valence-corrected chi connectivity index (χ4v) is 2.84. The van der Waals surface area contributed by atoms with Gasteiger partial charge in [-0.05, 0) is 53.1 Å². The molecule has 3 aromatic rings. The van der Waals surface area contributed by atoms with Crippen LogP contribution in [0.25, 0.3) is 16.3 Å². The Hall–Kier alpha value is -3.60. The molecule has 0 unspecified atom stereocenters. The first kappa shape index (κ1) is 18.2. The molecule has 1 amide bonds. The largest absolute Gasteiger partial charge is 0.465 e. The number of carbonyl (C=O) groups excluding carboxylic acids is 2. The number of fused-ring (bicyclic) bond motifs is 1. The molecule has 0 saturated carbocycles. The molecule has 0 aliphatic heterocycles. The molecule has 5 nitrogen and oxygen atoms in total. The fraction of sp³-hybridized carbons (Fsp3) is 0.0909. The molecule has 3 aromatic carbocycles. The molecule has 0 fully saturated rings. The van der Waals surface area contributed by atoms with Crippen molar-refractivity contribution < 1.29 is 14.3 Å². The summed E-state index contributed by atoms with van der Waals surface area (Å²) >= 11 is 0. The monoisotopic (exact) mass is 360 g/mol. The number of benzene rings is 3. The van der Waals surface area contributed by atoms with Crippen molar-refractivity contribution in [3.63, 3.8) is 0 Å². The van der Waals surface area contributed by atoms with E-state index in [1.165, 1.54) is 25.3 Å². The van der Waals surface area contributed by atoms with Gasteiger partial charge in [0.2, 0.25) is 5.91 Å². The van der Waals surface area contributed by atoms with Gasteiger partial charge in [0, 0.05) is 11.8 Å². The van der Waals surface area contributed by atoms with E-state index in [2.05, 4.69) is 5.32 Å². The lowest BCUT2D eigenvalue weighted by Crippen LogP contribution is -2.13. The molecule has 0 heterocycles. The second kappa shape index (κ2) is 7.74. The summed E-state index contributed by atoms with van der Waals surface area (Å²) in [5.74, 6) is -0.892. The Morgan fingerprint density at radius 3 is 2.48 bits per heavy atom. The Morgan fingerprint density at radius 1 is 1.00 bits per heavy atom. The number of ether oxygens (including phenoxy) is 1. The molecule has 0 saturated heterocycles. The Balaban J connectivity index is 1.85. The SMILES string of the molecule is COC(=O)c1ccc(N)cc1NC(=O)C=C(C)c1ccc2ccccc2c1. The number of esters is 1. The van der Waals surface area contributed by atoms with Gasteiger partial charge in [0.05, 0.1) is 18.4 Å². The lowest BCUT2D eigenvalue weighted by molar-refractivity contribution is -0.111. The summed E-state index contributed by atoms with van der Waals surface area (Å²) in [7, 11) is 1.29. The van der Waals surface area contributed by atoms with E-state index in [1.54, 1.807) is 6.07 Å². The zero-order valence-electron chi connectivity index (χ0n) is 15.2. The summed E-state index contributed by atoms with van der Waals surface area (Å²) in [6.07, 6.45) is 1.49. The van der Waals surface area contributed by atoms with Gasteiger partial charge in [-0.25, -0.2) is 4.79 Å². The number of amides is 1. The van der Waals surface area contributed by atoms with Crippen LogP contribution in [-0.4, -0.2) is 19.0 Å². The van der Waals surface area contributed by atoms with Crippen LogP contribution in [0.15, 0.2) is 66.7 Å². The van der Waals surface area contributed by atoms with E-state index in [0.717, 1.165) is 21.9 Å². The van der Waals surface area contributed by atoms with Crippen LogP contribution in [0.3, 0.4) is 0 Å². The minimum absolute atomic E-state index is 0.247. The molecular weight excluding hydrogens is 340 g/mol. The van der Waals surface area contributed by atoms with Gasteiger partial charge in [0.15, 0.2) is 0 Å². The van der Waals surface area contributed by atoms with E-state index in [1.807, 2.05) is 49.4 Å². The van der Waals surface area contributed by atoms with Crippen LogP contribution in [0.4, 0.5) is 11.4 Å². The predicted molar refractivity (Wildman–Crippen MR) is 108 cm³/mol. The molecule has 136 valence electrons. The average Bonchev–Trinajstić information content (AvgIpc) is 2.67. The molecule has 0 atom stereocenters. The van der Waals surface area contributed by atoms with Crippen molar-refractivity contribution in [2.45, 2.75) is 6.92 Å². The molecule has 0 aliphatic rings. The maximum absolute atomic E-state index is 12.5. The first-order valence-corrected chi connectivity index (χ1v) is 8.44. The van der Waals surface area contributed by atoms with Crippen LogP contribution in [0.5, 0.6) is 0 Å². The molecule has 0 aliphatic carbocycles. The average molecular weight is 360 g/mol. The Bertz CT molecular complexity index is 1050. The molecule has 0 aromatic heterocycles. The van der Waals surface area contributed by atoms with Crippen molar-refractivity contribution in [1.29, 1.82) is 0 Å². The van der Waals surface area contributed by atoms with Crippen molar-refractivity contribution >= 4 is 39.6 Å². The maximum Gasteiger partial charge on any atom is 0.339 e. The van der Waals surface area contributed by atoms with E-state index in [4.69, 9.17) is 10.5 Å². The molecule has 0 spiro atoms. The smallest absolute Gasteiger partial charge is 0.339 e. The number of hydrogen-bond donors (Lipinski definition) is 2. The summed E-state index contributed by atoms with van der Waals surface area (Å²) in [6.45, 7) is 1.87. The highest BCUT2D eigenvalue weighted by atomic mass is 16.5. The number of anilines is 2. The van der Waals surface area contributed by atoms with E-state index >= 15 is 0 Å². The summed E-state index contributed by atoms with van der Waals surface area (Å²) < 4.78 is 4.74. The molecule has 27 heavy (non-hydrogen) atoms.